The highest BCUT2D eigenvalue weighted by Crippen LogP contribution is 2.36. The minimum Gasteiger partial charge on any atom is -0.378 e. The molecule has 0 amide bonds. The predicted octanol–water partition coefficient (Wildman–Crippen LogP) is 1.60. The highest BCUT2D eigenvalue weighted by molar-refractivity contribution is 5.65. The maximum atomic E-state index is 10.8. The van der Waals surface area contributed by atoms with Crippen molar-refractivity contribution < 1.29 is 9.85 Å². The van der Waals surface area contributed by atoms with Crippen LogP contribution in [-0.2, 0) is 0 Å². The molecule has 0 aliphatic rings. The van der Waals surface area contributed by atoms with Crippen molar-refractivity contribution in [1.82, 2.24) is 4.98 Å². The van der Waals surface area contributed by atoms with Crippen molar-refractivity contribution in [3.05, 3.63) is 32.0 Å². The molecule has 1 rings (SSSR count). The van der Waals surface area contributed by atoms with Gasteiger partial charge in [-0.15, -0.1) is 0 Å². The van der Waals surface area contributed by atoms with Crippen LogP contribution in [0.15, 0.2) is 6.20 Å². The first-order valence-electron chi connectivity index (χ1n) is 4.43. The maximum absolute atomic E-state index is 10.8. The Labute approximate surface area is 90.4 Å². The van der Waals surface area contributed by atoms with Crippen molar-refractivity contribution in [1.29, 1.82) is 0 Å². The SMILES string of the molecule is CC(C)c1c([N+](=O)[O-])cnc(N)c1[N+](=O)[O-]. The minimum atomic E-state index is -0.745. The number of nitrogens with zero attached hydrogens (tertiary/aromatic N) is 3. The first-order chi connectivity index (χ1) is 7.36. The van der Waals surface area contributed by atoms with E-state index in [0.717, 1.165) is 6.20 Å². The first-order valence-corrected chi connectivity index (χ1v) is 4.43. The number of anilines is 1. The Kier molecular flexibility index (Phi) is 3.02. The van der Waals surface area contributed by atoms with Crippen LogP contribution in [0, 0.1) is 20.2 Å². The quantitative estimate of drug-likeness (QED) is 0.616. The molecule has 8 nitrogen and oxygen atoms in total. The third-order valence-electron chi connectivity index (χ3n) is 2.06. The summed E-state index contributed by atoms with van der Waals surface area (Å²) in [5.74, 6) is -0.689. The third kappa shape index (κ3) is 1.90. The van der Waals surface area contributed by atoms with E-state index in [1.165, 1.54) is 0 Å². The van der Waals surface area contributed by atoms with Gasteiger partial charge in [0.1, 0.15) is 11.8 Å². The van der Waals surface area contributed by atoms with E-state index in [1.54, 1.807) is 13.8 Å². The molecule has 2 N–H and O–H groups in total. The van der Waals surface area contributed by atoms with Gasteiger partial charge in [0.15, 0.2) is 0 Å². The molecule has 0 radical (unpaired) electrons. The van der Waals surface area contributed by atoms with Crippen molar-refractivity contribution in [2.45, 2.75) is 19.8 Å². The summed E-state index contributed by atoms with van der Waals surface area (Å²) >= 11 is 0. The summed E-state index contributed by atoms with van der Waals surface area (Å²) in [5.41, 5.74) is 4.50. The Hall–Kier alpha value is -2.25. The van der Waals surface area contributed by atoms with E-state index in [4.69, 9.17) is 5.73 Å². The molecule has 0 aliphatic carbocycles. The van der Waals surface area contributed by atoms with Gasteiger partial charge in [-0.05, 0) is 5.92 Å². The van der Waals surface area contributed by atoms with Crippen LogP contribution in [0.5, 0.6) is 0 Å². The molecular weight excluding hydrogens is 216 g/mol. The molecule has 0 bridgehead atoms. The van der Waals surface area contributed by atoms with Crippen molar-refractivity contribution >= 4 is 17.2 Å². The van der Waals surface area contributed by atoms with Crippen LogP contribution in [0.25, 0.3) is 0 Å². The molecule has 0 aliphatic heterocycles. The van der Waals surface area contributed by atoms with Gasteiger partial charge in [-0.3, -0.25) is 20.2 Å². The van der Waals surface area contributed by atoms with E-state index in [2.05, 4.69) is 4.98 Å². The molecule has 1 heterocycles. The number of nitro groups is 2. The van der Waals surface area contributed by atoms with E-state index in [1.807, 2.05) is 0 Å². The Morgan fingerprint density at radius 1 is 1.31 bits per heavy atom. The van der Waals surface area contributed by atoms with E-state index in [-0.39, 0.29) is 23.0 Å². The van der Waals surface area contributed by atoms with E-state index < -0.39 is 15.5 Å². The fourth-order valence-electron chi connectivity index (χ4n) is 1.43. The van der Waals surface area contributed by atoms with Gasteiger partial charge in [0, 0.05) is 0 Å². The van der Waals surface area contributed by atoms with Gasteiger partial charge in [0.05, 0.1) is 9.85 Å². The molecule has 0 spiro atoms. The standard InChI is InChI=1S/C8H10N4O4/c1-4(2)6-5(11(13)14)3-10-8(9)7(6)12(15)16/h3-4H,1-2H3,(H2,9,10). The summed E-state index contributed by atoms with van der Waals surface area (Å²) in [7, 11) is 0. The van der Waals surface area contributed by atoms with E-state index >= 15 is 0 Å². The van der Waals surface area contributed by atoms with E-state index in [9.17, 15) is 20.2 Å². The normalized spacial score (nSPS) is 10.4. The fraction of sp³-hybridized carbons (Fsp3) is 0.375. The van der Waals surface area contributed by atoms with Crippen LogP contribution in [0.3, 0.4) is 0 Å². The van der Waals surface area contributed by atoms with Crippen LogP contribution < -0.4 is 5.73 Å². The topological polar surface area (TPSA) is 125 Å². The average molecular weight is 226 g/mol. The van der Waals surface area contributed by atoms with Crippen LogP contribution in [-0.4, -0.2) is 14.8 Å². The first kappa shape index (κ1) is 11.8. The number of aromatic nitrogens is 1. The van der Waals surface area contributed by atoms with Crippen LogP contribution >= 0.6 is 0 Å². The molecule has 8 heteroatoms. The summed E-state index contributed by atoms with van der Waals surface area (Å²) in [4.78, 5) is 23.5. The Morgan fingerprint density at radius 3 is 2.25 bits per heavy atom. The smallest absolute Gasteiger partial charge is 0.321 e. The van der Waals surface area contributed by atoms with Gasteiger partial charge in [0.25, 0.3) is 5.69 Å². The molecule has 1 aromatic heterocycles. The lowest BCUT2D eigenvalue weighted by molar-refractivity contribution is -0.395. The van der Waals surface area contributed by atoms with Crippen molar-refractivity contribution in [2.75, 3.05) is 5.73 Å². The number of nitrogen functional groups attached to an aromatic ring is 1. The molecule has 0 saturated heterocycles. The lowest BCUT2D eigenvalue weighted by Gasteiger charge is -2.07. The molecule has 1 aromatic rings. The Morgan fingerprint density at radius 2 is 1.88 bits per heavy atom. The van der Waals surface area contributed by atoms with Gasteiger partial charge >= 0.3 is 5.69 Å². The zero-order valence-electron chi connectivity index (χ0n) is 8.71. The highest BCUT2D eigenvalue weighted by Gasteiger charge is 2.30. The Bertz CT molecular complexity index is 458. The summed E-state index contributed by atoms with van der Waals surface area (Å²) in [6.45, 7) is 3.24. The van der Waals surface area contributed by atoms with Crippen molar-refractivity contribution in [2.24, 2.45) is 0 Å². The monoisotopic (exact) mass is 226 g/mol. The van der Waals surface area contributed by atoms with Crippen LogP contribution in [0.1, 0.15) is 25.3 Å². The lowest BCUT2D eigenvalue weighted by Crippen LogP contribution is -2.07. The molecule has 0 atom stereocenters. The summed E-state index contributed by atoms with van der Waals surface area (Å²) in [6.07, 6.45) is 0.942. The van der Waals surface area contributed by atoms with Gasteiger partial charge < -0.3 is 5.73 Å². The number of nitrogens with two attached hydrogens (primary N) is 1. The van der Waals surface area contributed by atoms with Crippen molar-refractivity contribution in [3.8, 4) is 0 Å². The van der Waals surface area contributed by atoms with E-state index in [0.29, 0.717) is 0 Å². The zero-order chi connectivity index (χ0) is 12.5. The van der Waals surface area contributed by atoms with Crippen LogP contribution in [0.2, 0.25) is 0 Å². The van der Waals surface area contributed by atoms with Gasteiger partial charge in [0.2, 0.25) is 5.82 Å². The second kappa shape index (κ2) is 4.09. The second-order valence-electron chi connectivity index (χ2n) is 3.46. The third-order valence-corrected chi connectivity index (χ3v) is 2.06. The number of rotatable bonds is 3. The second-order valence-corrected chi connectivity index (χ2v) is 3.46. The largest absolute Gasteiger partial charge is 0.378 e. The number of hydrogen-bond donors (Lipinski definition) is 1. The summed E-state index contributed by atoms with van der Waals surface area (Å²) in [5, 5.41) is 21.5. The van der Waals surface area contributed by atoms with Crippen molar-refractivity contribution in [3.63, 3.8) is 0 Å². The summed E-state index contributed by atoms with van der Waals surface area (Å²) < 4.78 is 0. The zero-order valence-corrected chi connectivity index (χ0v) is 8.71. The minimum absolute atomic E-state index is 0.00231. The number of pyridine rings is 1. The lowest BCUT2D eigenvalue weighted by atomic mass is 10.0. The molecule has 0 unspecified atom stereocenters. The molecule has 0 fully saturated rings. The summed E-state index contributed by atoms with van der Waals surface area (Å²) in [6, 6.07) is 0. The molecule has 0 aromatic carbocycles. The average Bonchev–Trinajstić information content (AvgIpc) is 2.15. The fourth-order valence-corrected chi connectivity index (χ4v) is 1.43. The molecule has 86 valence electrons. The van der Waals surface area contributed by atoms with Crippen LogP contribution in [0.4, 0.5) is 17.2 Å². The van der Waals surface area contributed by atoms with Gasteiger partial charge in [-0.2, -0.15) is 0 Å². The molecular formula is C8H10N4O4. The molecule has 16 heavy (non-hydrogen) atoms. The van der Waals surface area contributed by atoms with Gasteiger partial charge in [-0.1, -0.05) is 13.8 Å². The maximum Gasteiger partial charge on any atom is 0.321 e. The number of hydrogen-bond acceptors (Lipinski definition) is 6. The Balaban J connectivity index is 3.63. The van der Waals surface area contributed by atoms with Gasteiger partial charge in [-0.25, -0.2) is 4.98 Å². The highest BCUT2D eigenvalue weighted by atomic mass is 16.6. The molecule has 0 saturated carbocycles. The predicted molar refractivity (Wildman–Crippen MR) is 56.0 cm³/mol.